The molecule has 1 aliphatic carbocycles. The van der Waals surface area contributed by atoms with E-state index in [1.165, 1.54) is 42.6 Å². The van der Waals surface area contributed by atoms with Crippen molar-refractivity contribution in [1.82, 2.24) is 4.98 Å². The largest absolute Gasteiger partial charge is 0.257 e. The van der Waals surface area contributed by atoms with Crippen LogP contribution in [0.25, 0.3) is 0 Å². The number of nitrogens with zero attached hydrogens (tertiary/aromatic N) is 1. The number of hydrogen-bond acceptors (Lipinski definition) is 1. The fraction of sp³-hybridized carbons (Fsp3) is 0.643. The van der Waals surface area contributed by atoms with Crippen LogP contribution in [-0.2, 0) is 12.8 Å². The van der Waals surface area contributed by atoms with Crippen molar-refractivity contribution in [3.8, 4) is 0 Å². The number of aromatic nitrogens is 1. The zero-order valence-electron chi connectivity index (χ0n) is 10.5. The van der Waals surface area contributed by atoms with E-state index in [4.69, 9.17) is 4.98 Å². The maximum absolute atomic E-state index is 4.71. The van der Waals surface area contributed by atoms with Crippen molar-refractivity contribution in [2.45, 2.75) is 59.3 Å². The van der Waals surface area contributed by atoms with Gasteiger partial charge in [0, 0.05) is 11.4 Å². The van der Waals surface area contributed by atoms with Gasteiger partial charge in [-0.05, 0) is 43.2 Å². The minimum atomic E-state index is 0.562. The van der Waals surface area contributed by atoms with Gasteiger partial charge in [-0.3, -0.25) is 4.98 Å². The topological polar surface area (TPSA) is 12.9 Å². The van der Waals surface area contributed by atoms with Crippen LogP contribution in [0.5, 0.6) is 0 Å². The van der Waals surface area contributed by atoms with Crippen LogP contribution in [-0.4, -0.2) is 4.98 Å². The van der Waals surface area contributed by atoms with Gasteiger partial charge in [-0.2, -0.15) is 0 Å². The number of fused-ring (bicyclic) bond motifs is 1. The standard InChI is InChI=1S/C12H17N.C2H6/c1-9(2)11-8-7-10-5-3-4-6-12(10)13-11;1-2/h7-9H,3-6H2,1-2H3;1-2H3. The molecule has 0 spiro atoms. The average molecular weight is 205 g/mol. The zero-order chi connectivity index (χ0) is 11.3. The minimum absolute atomic E-state index is 0.562. The van der Waals surface area contributed by atoms with E-state index < -0.39 is 0 Å². The molecule has 1 aliphatic rings. The van der Waals surface area contributed by atoms with Crippen LogP contribution < -0.4 is 0 Å². The Morgan fingerprint density at radius 2 is 1.73 bits per heavy atom. The molecule has 1 aromatic rings. The predicted octanol–water partition coefficient (Wildman–Crippen LogP) is 4.11. The molecule has 0 saturated carbocycles. The summed E-state index contributed by atoms with van der Waals surface area (Å²) in [7, 11) is 0. The quantitative estimate of drug-likeness (QED) is 0.672. The Bertz CT molecular complexity index is 302. The summed E-state index contributed by atoms with van der Waals surface area (Å²) in [6, 6.07) is 4.46. The Labute approximate surface area is 93.9 Å². The Morgan fingerprint density at radius 3 is 2.40 bits per heavy atom. The van der Waals surface area contributed by atoms with Crippen molar-refractivity contribution in [3.63, 3.8) is 0 Å². The second-order valence-corrected chi connectivity index (χ2v) is 4.20. The summed E-state index contributed by atoms with van der Waals surface area (Å²) in [6.07, 6.45) is 5.09. The maximum atomic E-state index is 4.71. The SMILES string of the molecule is CC.CC(C)c1ccc2c(n1)CCCC2. The Kier molecular flexibility index (Phi) is 4.80. The normalized spacial score (nSPS) is 14.2. The van der Waals surface area contributed by atoms with E-state index in [1.807, 2.05) is 13.8 Å². The van der Waals surface area contributed by atoms with Gasteiger partial charge in [0.05, 0.1) is 0 Å². The first kappa shape index (κ1) is 12.2. The van der Waals surface area contributed by atoms with Crippen LogP contribution >= 0.6 is 0 Å². The maximum Gasteiger partial charge on any atom is 0.0438 e. The van der Waals surface area contributed by atoms with Crippen LogP contribution in [0.1, 0.15) is 63.4 Å². The molecule has 2 rings (SSSR count). The third kappa shape index (κ3) is 3.05. The average Bonchev–Trinajstić information content (AvgIpc) is 2.31. The molecule has 1 heteroatoms. The highest BCUT2D eigenvalue weighted by Gasteiger charge is 2.11. The van der Waals surface area contributed by atoms with Crippen LogP contribution in [0.4, 0.5) is 0 Å². The summed E-state index contributed by atoms with van der Waals surface area (Å²) in [5, 5.41) is 0. The molecule has 0 unspecified atom stereocenters. The number of rotatable bonds is 1. The summed E-state index contributed by atoms with van der Waals surface area (Å²) in [4.78, 5) is 4.71. The fourth-order valence-corrected chi connectivity index (χ4v) is 1.92. The highest BCUT2D eigenvalue weighted by atomic mass is 14.7. The molecule has 84 valence electrons. The molecule has 1 heterocycles. The van der Waals surface area contributed by atoms with Crippen molar-refractivity contribution < 1.29 is 0 Å². The first-order chi connectivity index (χ1) is 7.27. The third-order valence-electron chi connectivity index (χ3n) is 2.79. The van der Waals surface area contributed by atoms with Crippen molar-refractivity contribution in [2.24, 2.45) is 0 Å². The van der Waals surface area contributed by atoms with E-state index in [9.17, 15) is 0 Å². The Hall–Kier alpha value is -0.850. The minimum Gasteiger partial charge on any atom is -0.257 e. The lowest BCUT2D eigenvalue weighted by molar-refractivity contribution is 0.657. The molecular formula is C14H23N. The lowest BCUT2D eigenvalue weighted by Gasteiger charge is -2.16. The predicted molar refractivity (Wildman–Crippen MR) is 66.3 cm³/mol. The second-order valence-electron chi connectivity index (χ2n) is 4.20. The second kappa shape index (κ2) is 5.89. The van der Waals surface area contributed by atoms with Gasteiger partial charge >= 0.3 is 0 Å². The summed E-state index contributed by atoms with van der Waals surface area (Å²) in [5.74, 6) is 0.562. The molecular weight excluding hydrogens is 182 g/mol. The van der Waals surface area contributed by atoms with E-state index in [0.29, 0.717) is 5.92 Å². The number of aryl methyl sites for hydroxylation is 2. The van der Waals surface area contributed by atoms with Gasteiger partial charge in [0.1, 0.15) is 0 Å². The number of pyridine rings is 1. The molecule has 15 heavy (non-hydrogen) atoms. The summed E-state index contributed by atoms with van der Waals surface area (Å²) >= 11 is 0. The van der Waals surface area contributed by atoms with Crippen molar-refractivity contribution in [3.05, 3.63) is 29.1 Å². The Balaban J connectivity index is 0.000000531. The van der Waals surface area contributed by atoms with Gasteiger partial charge < -0.3 is 0 Å². The van der Waals surface area contributed by atoms with E-state index in [0.717, 1.165) is 0 Å². The van der Waals surface area contributed by atoms with Crippen LogP contribution in [0.3, 0.4) is 0 Å². The summed E-state index contributed by atoms with van der Waals surface area (Å²) in [5.41, 5.74) is 4.09. The first-order valence-corrected chi connectivity index (χ1v) is 6.26. The highest BCUT2D eigenvalue weighted by molar-refractivity contribution is 5.26. The molecule has 0 fully saturated rings. The fourth-order valence-electron chi connectivity index (χ4n) is 1.92. The highest BCUT2D eigenvalue weighted by Crippen LogP contribution is 2.21. The van der Waals surface area contributed by atoms with Crippen LogP contribution in [0.2, 0.25) is 0 Å². The van der Waals surface area contributed by atoms with E-state index in [-0.39, 0.29) is 0 Å². The van der Waals surface area contributed by atoms with E-state index >= 15 is 0 Å². The molecule has 0 radical (unpaired) electrons. The first-order valence-electron chi connectivity index (χ1n) is 6.26. The summed E-state index contributed by atoms with van der Waals surface area (Å²) < 4.78 is 0. The van der Waals surface area contributed by atoms with Crippen molar-refractivity contribution in [1.29, 1.82) is 0 Å². The molecule has 0 saturated heterocycles. The molecule has 0 bridgehead atoms. The molecule has 0 aromatic carbocycles. The smallest absolute Gasteiger partial charge is 0.0438 e. The van der Waals surface area contributed by atoms with Gasteiger partial charge in [-0.1, -0.05) is 33.8 Å². The van der Waals surface area contributed by atoms with E-state index in [1.54, 1.807) is 0 Å². The van der Waals surface area contributed by atoms with Crippen LogP contribution in [0.15, 0.2) is 12.1 Å². The monoisotopic (exact) mass is 205 g/mol. The molecule has 0 amide bonds. The number of hydrogen-bond donors (Lipinski definition) is 0. The summed E-state index contributed by atoms with van der Waals surface area (Å²) in [6.45, 7) is 8.41. The van der Waals surface area contributed by atoms with Crippen molar-refractivity contribution in [2.75, 3.05) is 0 Å². The molecule has 0 N–H and O–H groups in total. The van der Waals surface area contributed by atoms with Gasteiger partial charge in [0.25, 0.3) is 0 Å². The van der Waals surface area contributed by atoms with Gasteiger partial charge in [0.2, 0.25) is 0 Å². The Morgan fingerprint density at radius 1 is 1.07 bits per heavy atom. The molecule has 0 atom stereocenters. The molecule has 1 nitrogen and oxygen atoms in total. The molecule has 0 aliphatic heterocycles. The van der Waals surface area contributed by atoms with Crippen LogP contribution in [0, 0.1) is 0 Å². The van der Waals surface area contributed by atoms with E-state index in [2.05, 4.69) is 26.0 Å². The lowest BCUT2D eigenvalue weighted by atomic mass is 9.95. The zero-order valence-corrected chi connectivity index (χ0v) is 10.5. The van der Waals surface area contributed by atoms with Gasteiger partial charge in [-0.25, -0.2) is 0 Å². The van der Waals surface area contributed by atoms with Crippen molar-refractivity contribution >= 4 is 0 Å². The van der Waals surface area contributed by atoms with Gasteiger partial charge in [0.15, 0.2) is 0 Å². The lowest BCUT2D eigenvalue weighted by Crippen LogP contribution is -2.07. The molecule has 1 aromatic heterocycles. The van der Waals surface area contributed by atoms with Gasteiger partial charge in [-0.15, -0.1) is 0 Å². The third-order valence-corrected chi connectivity index (χ3v) is 2.79.